The van der Waals surface area contributed by atoms with Crippen LogP contribution in [-0.2, 0) is 6.54 Å². The van der Waals surface area contributed by atoms with Gasteiger partial charge >= 0.3 is 6.03 Å². The quantitative estimate of drug-likeness (QED) is 0.870. The Kier molecular flexibility index (Phi) is 4.36. The summed E-state index contributed by atoms with van der Waals surface area (Å²) in [6.07, 6.45) is 6.00. The third-order valence-corrected chi connectivity index (χ3v) is 3.97. The van der Waals surface area contributed by atoms with Gasteiger partial charge in [0.2, 0.25) is 0 Å². The minimum Gasteiger partial charge on any atom is -0.335 e. The molecule has 1 fully saturated rings. The average Bonchev–Trinajstić information content (AvgIpc) is 2.74. The molecule has 2 rings (SSSR count). The minimum atomic E-state index is -0.0650. The summed E-state index contributed by atoms with van der Waals surface area (Å²) >= 11 is 1.58. The van der Waals surface area contributed by atoms with Gasteiger partial charge in [0, 0.05) is 17.1 Å². The summed E-state index contributed by atoms with van der Waals surface area (Å²) < 4.78 is 0. The predicted molar refractivity (Wildman–Crippen MR) is 69.1 cm³/mol. The molecular weight excluding hydrogens is 234 g/mol. The van der Waals surface area contributed by atoms with Gasteiger partial charge in [0.15, 0.2) is 0 Å². The summed E-state index contributed by atoms with van der Waals surface area (Å²) in [6.45, 7) is 2.49. The zero-order valence-corrected chi connectivity index (χ0v) is 11.0. The highest BCUT2D eigenvalue weighted by molar-refractivity contribution is 7.09. The summed E-state index contributed by atoms with van der Waals surface area (Å²) in [6, 6.07) is 0.298. The van der Waals surface area contributed by atoms with Crippen molar-refractivity contribution in [3.63, 3.8) is 0 Å². The predicted octanol–water partition coefficient (Wildman–Crippen LogP) is 2.58. The van der Waals surface area contributed by atoms with Crippen LogP contribution < -0.4 is 10.6 Å². The van der Waals surface area contributed by atoms with Gasteiger partial charge in [-0.2, -0.15) is 0 Å². The van der Waals surface area contributed by atoms with Crippen LogP contribution in [0.5, 0.6) is 0 Å². The molecule has 17 heavy (non-hydrogen) atoms. The molecule has 94 valence electrons. The van der Waals surface area contributed by atoms with E-state index in [0.717, 1.165) is 23.5 Å². The van der Waals surface area contributed by atoms with Crippen molar-refractivity contribution in [2.45, 2.75) is 51.6 Å². The molecule has 0 unspecified atom stereocenters. The monoisotopic (exact) mass is 253 g/mol. The summed E-state index contributed by atoms with van der Waals surface area (Å²) in [5.74, 6) is 0. The van der Waals surface area contributed by atoms with Gasteiger partial charge in [-0.1, -0.05) is 19.3 Å². The summed E-state index contributed by atoms with van der Waals surface area (Å²) in [5, 5.41) is 8.84. The highest BCUT2D eigenvalue weighted by Crippen LogP contribution is 2.17. The van der Waals surface area contributed by atoms with Crippen molar-refractivity contribution in [2.24, 2.45) is 0 Å². The Morgan fingerprint density at radius 3 is 2.88 bits per heavy atom. The molecule has 0 aromatic carbocycles. The molecule has 0 spiro atoms. The maximum atomic E-state index is 11.6. The smallest absolute Gasteiger partial charge is 0.315 e. The molecule has 0 atom stereocenters. The number of amides is 2. The molecule has 1 aromatic heterocycles. The number of aryl methyl sites for hydroxylation is 1. The maximum Gasteiger partial charge on any atom is 0.315 e. The Balaban J connectivity index is 1.70. The number of rotatable bonds is 3. The Bertz CT molecular complexity index is 372. The number of carbonyl (C=O) groups is 1. The van der Waals surface area contributed by atoms with Crippen molar-refractivity contribution in [2.75, 3.05) is 0 Å². The van der Waals surface area contributed by atoms with Crippen LogP contribution in [0.1, 0.15) is 42.8 Å². The van der Waals surface area contributed by atoms with Crippen molar-refractivity contribution >= 4 is 17.4 Å². The second-order valence-electron chi connectivity index (χ2n) is 4.54. The largest absolute Gasteiger partial charge is 0.335 e. The Hall–Kier alpha value is -1.10. The molecular formula is C12H19N3OS. The van der Waals surface area contributed by atoms with E-state index in [-0.39, 0.29) is 6.03 Å². The number of nitrogens with zero attached hydrogens (tertiary/aromatic N) is 1. The molecule has 0 bridgehead atoms. The number of carbonyl (C=O) groups excluding carboxylic acids is 1. The fourth-order valence-electron chi connectivity index (χ4n) is 2.12. The SMILES string of the molecule is Cc1csc(CNC(=O)NC2CCCCC2)n1. The minimum absolute atomic E-state index is 0.0650. The van der Waals surface area contributed by atoms with Gasteiger partial charge in [0.25, 0.3) is 0 Å². The fraction of sp³-hybridized carbons (Fsp3) is 0.667. The van der Waals surface area contributed by atoms with Crippen molar-refractivity contribution in [3.05, 3.63) is 16.1 Å². The maximum absolute atomic E-state index is 11.6. The zero-order valence-electron chi connectivity index (χ0n) is 10.2. The van der Waals surface area contributed by atoms with E-state index in [1.54, 1.807) is 11.3 Å². The lowest BCUT2D eigenvalue weighted by Crippen LogP contribution is -2.42. The van der Waals surface area contributed by atoms with Crippen molar-refractivity contribution in [1.29, 1.82) is 0 Å². The second-order valence-corrected chi connectivity index (χ2v) is 5.49. The summed E-state index contributed by atoms with van der Waals surface area (Å²) in [4.78, 5) is 16.0. The lowest BCUT2D eigenvalue weighted by molar-refractivity contribution is 0.232. The van der Waals surface area contributed by atoms with Gasteiger partial charge in [0.05, 0.1) is 6.54 Å². The van der Waals surface area contributed by atoms with E-state index >= 15 is 0 Å². The van der Waals surface area contributed by atoms with Gasteiger partial charge in [-0.05, 0) is 19.8 Å². The van der Waals surface area contributed by atoms with Crippen LogP contribution in [0.15, 0.2) is 5.38 Å². The number of hydrogen-bond donors (Lipinski definition) is 2. The van der Waals surface area contributed by atoms with Crippen LogP contribution in [0.4, 0.5) is 4.79 Å². The first-order valence-electron chi connectivity index (χ1n) is 6.19. The van der Waals surface area contributed by atoms with Crippen LogP contribution in [-0.4, -0.2) is 17.1 Å². The molecule has 1 aromatic rings. The van der Waals surface area contributed by atoms with Crippen LogP contribution in [0.25, 0.3) is 0 Å². The first kappa shape index (κ1) is 12.4. The van der Waals surface area contributed by atoms with Gasteiger partial charge in [0.1, 0.15) is 5.01 Å². The van der Waals surface area contributed by atoms with E-state index in [1.165, 1.54) is 19.3 Å². The second kappa shape index (κ2) is 6.00. The van der Waals surface area contributed by atoms with Crippen molar-refractivity contribution < 1.29 is 4.79 Å². The van der Waals surface area contributed by atoms with Crippen molar-refractivity contribution in [3.8, 4) is 0 Å². The number of aromatic nitrogens is 1. The summed E-state index contributed by atoms with van der Waals surface area (Å²) in [5.41, 5.74) is 1.01. The number of urea groups is 1. The lowest BCUT2D eigenvalue weighted by Gasteiger charge is -2.22. The summed E-state index contributed by atoms with van der Waals surface area (Å²) in [7, 11) is 0. The van der Waals surface area contributed by atoms with Gasteiger partial charge in [-0.25, -0.2) is 9.78 Å². The Morgan fingerprint density at radius 1 is 1.47 bits per heavy atom. The van der Waals surface area contributed by atoms with Crippen LogP contribution in [0.3, 0.4) is 0 Å². The Morgan fingerprint density at radius 2 is 2.24 bits per heavy atom. The van der Waals surface area contributed by atoms with E-state index in [9.17, 15) is 4.79 Å². The molecule has 5 heteroatoms. The molecule has 2 amide bonds. The van der Waals surface area contributed by atoms with Crippen molar-refractivity contribution in [1.82, 2.24) is 15.6 Å². The first-order valence-corrected chi connectivity index (χ1v) is 7.07. The van der Waals surface area contributed by atoms with E-state index in [4.69, 9.17) is 0 Å². The topological polar surface area (TPSA) is 54.0 Å². The molecule has 0 saturated heterocycles. The van der Waals surface area contributed by atoms with Crippen LogP contribution in [0.2, 0.25) is 0 Å². The number of nitrogens with one attached hydrogen (secondary N) is 2. The average molecular weight is 253 g/mol. The highest BCUT2D eigenvalue weighted by atomic mass is 32.1. The lowest BCUT2D eigenvalue weighted by atomic mass is 9.96. The molecule has 0 aliphatic heterocycles. The van der Waals surface area contributed by atoms with Gasteiger partial charge in [-0.15, -0.1) is 11.3 Å². The van der Waals surface area contributed by atoms with E-state index in [2.05, 4.69) is 15.6 Å². The molecule has 1 heterocycles. The molecule has 0 radical (unpaired) electrons. The standard InChI is InChI=1S/C12H19N3OS/c1-9-8-17-11(14-9)7-13-12(16)15-10-5-3-2-4-6-10/h8,10H,2-7H2,1H3,(H2,13,15,16). The number of thiazole rings is 1. The normalized spacial score (nSPS) is 16.8. The highest BCUT2D eigenvalue weighted by Gasteiger charge is 2.15. The molecule has 1 saturated carbocycles. The van der Waals surface area contributed by atoms with Crippen LogP contribution >= 0.6 is 11.3 Å². The fourth-order valence-corrected chi connectivity index (χ4v) is 2.83. The first-order chi connectivity index (χ1) is 8.24. The number of hydrogen-bond acceptors (Lipinski definition) is 3. The molecule has 4 nitrogen and oxygen atoms in total. The van der Waals surface area contributed by atoms with Gasteiger partial charge < -0.3 is 10.6 Å². The third-order valence-electron chi connectivity index (χ3n) is 3.01. The van der Waals surface area contributed by atoms with Crippen LogP contribution in [0, 0.1) is 6.92 Å². The van der Waals surface area contributed by atoms with E-state index in [0.29, 0.717) is 12.6 Å². The molecule has 2 N–H and O–H groups in total. The zero-order chi connectivity index (χ0) is 12.1. The van der Waals surface area contributed by atoms with E-state index < -0.39 is 0 Å². The third kappa shape index (κ3) is 4.00. The molecule has 1 aliphatic carbocycles. The Labute approximate surface area is 106 Å². The van der Waals surface area contributed by atoms with Gasteiger partial charge in [-0.3, -0.25) is 0 Å². The van der Waals surface area contributed by atoms with E-state index in [1.807, 2.05) is 12.3 Å². The molecule has 1 aliphatic rings.